The van der Waals surface area contributed by atoms with Crippen molar-refractivity contribution in [1.29, 1.82) is 0 Å². The SMILES string of the molecule is Cc1ccc2c(oc3cc4ccccc4cc32)c1-c1n(C)c2c([n+]1C)C(C)(C)CCC2(C)C. The van der Waals surface area contributed by atoms with Crippen LogP contribution in [0.25, 0.3) is 44.1 Å². The van der Waals surface area contributed by atoms with Gasteiger partial charge in [-0.15, -0.1) is 0 Å². The Balaban J connectivity index is 1.73. The van der Waals surface area contributed by atoms with Gasteiger partial charge in [-0.25, -0.2) is 9.13 Å². The number of furan rings is 1. The number of imidazole rings is 1. The van der Waals surface area contributed by atoms with Crippen molar-refractivity contribution in [1.82, 2.24) is 4.57 Å². The second-order valence-corrected chi connectivity index (χ2v) is 11.3. The van der Waals surface area contributed by atoms with Crippen molar-refractivity contribution in [2.45, 2.75) is 58.3 Å². The Kier molecular flexibility index (Phi) is 4.04. The van der Waals surface area contributed by atoms with Gasteiger partial charge in [0, 0.05) is 21.6 Å². The third kappa shape index (κ3) is 2.71. The highest BCUT2D eigenvalue weighted by molar-refractivity contribution is 6.13. The molecule has 0 aliphatic heterocycles. The summed E-state index contributed by atoms with van der Waals surface area (Å²) >= 11 is 0. The number of benzene rings is 3. The molecule has 5 aromatic rings. The lowest BCUT2D eigenvalue weighted by atomic mass is 9.67. The first kappa shape index (κ1) is 20.5. The zero-order chi connectivity index (χ0) is 23.3. The van der Waals surface area contributed by atoms with Crippen molar-refractivity contribution in [2.24, 2.45) is 14.1 Å². The summed E-state index contributed by atoms with van der Waals surface area (Å²) in [5, 5.41) is 4.84. The first-order valence-electron chi connectivity index (χ1n) is 12.0. The van der Waals surface area contributed by atoms with E-state index in [1.54, 1.807) is 0 Å². The second kappa shape index (κ2) is 6.50. The maximum Gasteiger partial charge on any atom is 0.293 e. The number of hydrogen-bond donors (Lipinski definition) is 0. The highest BCUT2D eigenvalue weighted by Gasteiger charge is 2.48. The zero-order valence-electron chi connectivity index (χ0n) is 20.8. The van der Waals surface area contributed by atoms with E-state index in [0.29, 0.717) is 0 Å². The predicted octanol–water partition coefficient (Wildman–Crippen LogP) is 7.23. The lowest BCUT2D eigenvalue weighted by molar-refractivity contribution is -0.671. The Hall–Kier alpha value is -3.07. The minimum absolute atomic E-state index is 0.142. The number of rotatable bonds is 1. The van der Waals surface area contributed by atoms with E-state index in [1.165, 1.54) is 62.7 Å². The molecule has 3 aromatic carbocycles. The van der Waals surface area contributed by atoms with Gasteiger partial charge in [-0.05, 0) is 48.2 Å². The van der Waals surface area contributed by atoms with E-state index < -0.39 is 0 Å². The molecule has 2 heterocycles. The van der Waals surface area contributed by atoms with E-state index in [9.17, 15) is 0 Å². The molecule has 3 nitrogen and oxygen atoms in total. The summed E-state index contributed by atoms with van der Waals surface area (Å²) in [7, 11) is 4.49. The predicted molar refractivity (Wildman–Crippen MR) is 137 cm³/mol. The van der Waals surface area contributed by atoms with Crippen LogP contribution in [0.15, 0.2) is 52.9 Å². The van der Waals surface area contributed by atoms with Crippen LogP contribution in [0.1, 0.15) is 57.5 Å². The molecule has 0 saturated carbocycles. The Labute approximate surface area is 195 Å². The number of aromatic nitrogens is 2. The van der Waals surface area contributed by atoms with Crippen LogP contribution in [0.5, 0.6) is 0 Å². The quantitative estimate of drug-likeness (QED) is 0.254. The van der Waals surface area contributed by atoms with Gasteiger partial charge in [0.05, 0.1) is 14.1 Å². The molecule has 2 aromatic heterocycles. The number of fused-ring (bicyclic) bond motifs is 5. The molecule has 1 aliphatic rings. The standard InChI is InChI=1S/C30H33N2O/c1-18-12-13-21-22-16-19-10-8-9-11-20(19)17-23(22)33-25(21)24(18)28-31(6)26-27(32(28)7)30(4,5)15-14-29(26,2)3/h8-13,16-17H,14-15H2,1-7H3/q+1. The molecule has 3 heteroatoms. The topological polar surface area (TPSA) is 21.9 Å². The Bertz CT molecular complexity index is 1550. The Morgan fingerprint density at radius 2 is 1.55 bits per heavy atom. The number of nitrogens with zero attached hydrogens (tertiary/aromatic N) is 2. The highest BCUT2D eigenvalue weighted by atomic mass is 16.3. The summed E-state index contributed by atoms with van der Waals surface area (Å²) < 4.78 is 11.5. The molecule has 0 saturated heterocycles. The van der Waals surface area contributed by atoms with Crippen LogP contribution in [0.3, 0.4) is 0 Å². The average molecular weight is 438 g/mol. The monoisotopic (exact) mass is 437 g/mol. The van der Waals surface area contributed by atoms with Gasteiger partial charge in [0.15, 0.2) is 17.0 Å². The fraction of sp³-hybridized carbons (Fsp3) is 0.367. The van der Waals surface area contributed by atoms with Gasteiger partial charge in [0.1, 0.15) is 11.1 Å². The molecule has 0 radical (unpaired) electrons. The van der Waals surface area contributed by atoms with Crippen LogP contribution in [0.2, 0.25) is 0 Å². The van der Waals surface area contributed by atoms with Gasteiger partial charge in [-0.1, -0.05) is 64.1 Å². The van der Waals surface area contributed by atoms with Crippen molar-refractivity contribution in [2.75, 3.05) is 0 Å². The largest absolute Gasteiger partial charge is 0.455 e. The molecule has 6 rings (SSSR count). The van der Waals surface area contributed by atoms with Gasteiger partial charge in [0.25, 0.3) is 5.82 Å². The molecule has 0 bridgehead atoms. The molecule has 0 fully saturated rings. The summed E-state index contributed by atoms with van der Waals surface area (Å²) in [6.07, 6.45) is 2.40. The minimum Gasteiger partial charge on any atom is -0.455 e. The molecule has 1 aliphatic carbocycles. The van der Waals surface area contributed by atoms with E-state index in [2.05, 4.69) is 106 Å². The fourth-order valence-corrected chi connectivity index (χ4v) is 6.40. The van der Waals surface area contributed by atoms with E-state index >= 15 is 0 Å². The lowest BCUT2D eigenvalue weighted by Gasteiger charge is -2.36. The maximum absolute atomic E-state index is 6.65. The first-order valence-corrected chi connectivity index (χ1v) is 12.0. The van der Waals surface area contributed by atoms with Gasteiger partial charge >= 0.3 is 0 Å². The maximum atomic E-state index is 6.65. The molecular weight excluding hydrogens is 404 g/mol. The molecule has 168 valence electrons. The number of hydrogen-bond acceptors (Lipinski definition) is 1. The van der Waals surface area contributed by atoms with E-state index in [0.717, 1.165) is 11.2 Å². The van der Waals surface area contributed by atoms with Crippen LogP contribution < -0.4 is 4.57 Å². The van der Waals surface area contributed by atoms with Crippen LogP contribution in [0.4, 0.5) is 0 Å². The van der Waals surface area contributed by atoms with E-state index in [1.807, 2.05) is 0 Å². The summed E-state index contributed by atoms with van der Waals surface area (Å²) in [5.74, 6) is 1.23. The molecule has 0 N–H and O–H groups in total. The van der Waals surface area contributed by atoms with Crippen LogP contribution >= 0.6 is 0 Å². The number of aryl methyl sites for hydroxylation is 1. The second-order valence-electron chi connectivity index (χ2n) is 11.3. The van der Waals surface area contributed by atoms with Crippen molar-refractivity contribution in [3.05, 3.63) is 65.5 Å². The highest BCUT2D eigenvalue weighted by Crippen LogP contribution is 2.47. The molecule has 0 spiro atoms. The van der Waals surface area contributed by atoms with Crippen molar-refractivity contribution < 1.29 is 8.98 Å². The van der Waals surface area contributed by atoms with Crippen molar-refractivity contribution in [3.8, 4) is 11.4 Å². The fourth-order valence-electron chi connectivity index (χ4n) is 6.40. The van der Waals surface area contributed by atoms with Gasteiger partial charge < -0.3 is 4.42 Å². The molecular formula is C30H33N2O+. The first-order chi connectivity index (χ1) is 15.6. The average Bonchev–Trinajstić information content (AvgIpc) is 3.25. The summed E-state index contributed by atoms with van der Waals surface area (Å²) in [6.45, 7) is 11.8. The van der Waals surface area contributed by atoms with Crippen LogP contribution in [-0.2, 0) is 24.9 Å². The third-order valence-electron chi connectivity index (χ3n) is 8.13. The normalized spacial score (nSPS) is 17.2. The van der Waals surface area contributed by atoms with E-state index in [4.69, 9.17) is 4.42 Å². The lowest BCUT2D eigenvalue weighted by Crippen LogP contribution is -2.45. The van der Waals surface area contributed by atoms with Crippen LogP contribution in [-0.4, -0.2) is 4.57 Å². The Morgan fingerprint density at radius 1 is 0.879 bits per heavy atom. The van der Waals surface area contributed by atoms with Gasteiger partial charge in [-0.3, -0.25) is 0 Å². The van der Waals surface area contributed by atoms with E-state index in [-0.39, 0.29) is 10.8 Å². The minimum atomic E-state index is 0.142. The zero-order valence-corrected chi connectivity index (χ0v) is 20.8. The smallest absolute Gasteiger partial charge is 0.293 e. The van der Waals surface area contributed by atoms with Crippen molar-refractivity contribution >= 4 is 32.7 Å². The molecule has 0 atom stereocenters. The Morgan fingerprint density at radius 3 is 2.24 bits per heavy atom. The van der Waals surface area contributed by atoms with Gasteiger partial charge in [-0.2, -0.15) is 0 Å². The van der Waals surface area contributed by atoms with Crippen molar-refractivity contribution in [3.63, 3.8) is 0 Å². The molecule has 0 amide bonds. The third-order valence-corrected chi connectivity index (χ3v) is 8.13. The molecule has 33 heavy (non-hydrogen) atoms. The van der Waals surface area contributed by atoms with Crippen LogP contribution in [0, 0.1) is 6.92 Å². The summed E-state index contributed by atoms with van der Waals surface area (Å²) in [4.78, 5) is 0. The van der Waals surface area contributed by atoms with Gasteiger partial charge in [0.2, 0.25) is 0 Å². The molecule has 0 unspecified atom stereocenters. The summed E-state index contributed by atoms with van der Waals surface area (Å²) in [5.41, 5.74) is 7.59. The summed E-state index contributed by atoms with van der Waals surface area (Å²) in [6, 6.07) is 17.5.